The Kier molecular flexibility index (Phi) is 4.14. The number of benzene rings is 3. The molecule has 0 fully saturated rings. The molecule has 0 saturated carbocycles. The summed E-state index contributed by atoms with van der Waals surface area (Å²) in [5, 5.41) is 0. The van der Waals surface area contributed by atoms with Crippen LogP contribution in [0, 0.1) is 0 Å². The minimum absolute atomic E-state index is 0.550. The molecule has 3 rings (SSSR count). The van der Waals surface area contributed by atoms with Crippen LogP contribution in [0.4, 0.5) is 0 Å². The molecule has 28 heavy (non-hydrogen) atoms. The summed E-state index contributed by atoms with van der Waals surface area (Å²) < 4.78 is 40.0. The summed E-state index contributed by atoms with van der Waals surface area (Å²) in [6.07, 6.45) is 2.80. The fourth-order valence-electron chi connectivity index (χ4n) is 2.88. The SMILES string of the molecule is [2H]c1c([2H])c([2H])c(C(=O)N(C(=O)/C=C/c2ccccc2)C(C)(C)c2ccccc2)c([2H])c1[2H]. The molecule has 0 aromatic heterocycles. The summed E-state index contributed by atoms with van der Waals surface area (Å²) in [5.74, 6) is -1.65. The Balaban J connectivity index is 2.17. The van der Waals surface area contributed by atoms with Gasteiger partial charge in [-0.25, -0.2) is 0 Å². The molecule has 0 aliphatic carbocycles. The number of rotatable bonds is 5. The summed E-state index contributed by atoms with van der Waals surface area (Å²) in [6.45, 7) is 3.34. The van der Waals surface area contributed by atoms with E-state index in [0.29, 0.717) is 5.56 Å². The molecule has 0 unspecified atom stereocenters. The predicted octanol–water partition coefficient (Wildman–Crippen LogP) is 5.30. The van der Waals surface area contributed by atoms with E-state index >= 15 is 0 Å². The Morgan fingerprint density at radius 2 is 1.46 bits per heavy atom. The highest BCUT2D eigenvalue weighted by Crippen LogP contribution is 2.30. The molecule has 0 aliphatic rings. The number of nitrogens with zero attached hydrogens (tertiary/aromatic N) is 1. The smallest absolute Gasteiger partial charge is 0.261 e. The van der Waals surface area contributed by atoms with Crippen molar-refractivity contribution in [3.8, 4) is 0 Å². The van der Waals surface area contributed by atoms with Crippen LogP contribution >= 0.6 is 0 Å². The Morgan fingerprint density at radius 1 is 0.893 bits per heavy atom. The molecule has 0 atom stereocenters. The standard InChI is InChI=1S/C25H23NO2/c1-25(2,22-16-10-5-11-17-22)26(24(28)21-14-8-4-9-15-21)23(27)19-18-20-12-6-3-7-13-20/h3-19H,1-2H3/b19-18+/i4D,8D,9D,14D,15D. The zero-order valence-electron chi connectivity index (χ0n) is 20.7. The third-order valence-corrected chi connectivity index (χ3v) is 4.39. The lowest BCUT2D eigenvalue weighted by Crippen LogP contribution is -2.48. The first kappa shape index (κ1) is 13.7. The van der Waals surface area contributed by atoms with E-state index < -0.39 is 53.1 Å². The largest absolute Gasteiger partial charge is 0.269 e. The lowest BCUT2D eigenvalue weighted by molar-refractivity contribution is -0.127. The summed E-state index contributed by atoms with van der Waals surface area (Å²) >= 11 is 0. The van der Waals surface area contributed by atoms with Gasteiger partial charge in [-0.05, 0) is 43.1 Å². The van der Waals surface area contributed by atoms with E-state index in [1.165, 1.54) is 6.08 Å². The van der Waals surface area contributed by atoms with Crippen LogP contribution < -0.4 is 0 Å². The van der Waals surface area contributed by atoms with Gasteiger partial charge in [0, 0.05) is 11.6 Å². The highest BCUT2D eigenvalue weighted by molar-refractivity contribution is 6.09. The number of hydrogen-bond acceptors (Lipinski definition) is 2. The van der Waals surface area contributed by atoms with E-state index in [4.69, 9.17) is 6.85 Å². The van der Waals surface area contributed by atoms with Crippen molar-refractivity contribution >= 4 is 17.9 Å². The van der Waals surface area contributed by atoms with Crippen molar-refractivity contribution in [2.45, 2.75) is 19.4 Å². The first-order chi connectivity index (χ1) is 15.6. The predicted molar refractivity (Wildman–Crippen MR) is 113 cm³/mol. The first-order valence-corrected chi connectivity index (χ1v) is 8.81. The minimum atomic E-state index is -1.18. The van der Waals surface area contributed by atoms with Crippen molar-refractivity contribution in [2.75, 3.05) is 0 Å². The van der Waals surface area contributed by atoms with E-state index in [-0.39, 0.29) is 0 Å². The lowest BCUT2D eigenvalue weighted by atomic mass is 9.91. The molecule has 0 N–H and O–H groups in total. The van der Waals surface area contributed by atoms with Crippen molar-refractivity contribution in [2.24, 2.45) is 0 Å². The maximum Gasteiger partial charge on any atom is 0.261 e. The average Bonchev–Trinajstić information content (AvgIpc) is 2.81. The van der Waals surface area contributed by atoms with Gasteiger partial charge in [-0.15, -0.1) is 0 Å². The van der Waals surface area contributed by atoms with Crippen molar-refractivity contribution in [3.05, 3.63) is 114 Å². The Labute approximate surface area is 173 Å². The van der Waals surface area contributed by atoms with Crippen LogP contribution in [-0.2, 0) is 10.3 Å². The molecule has 0 bridgehead atoms. The maximum atomic E-state index is 13.7. The summed E-state index contributed by atoms with van der Waals surface area (Å²) in [4.78, 5) is 28.0. The van der Waals surface area contributed by atoms with E-state index in [2.05, 4.69) is 0 Å². The molecule has 140 valence electrons. The Bertz CT molecular complexity index is 1200. The maximum absolute atomic E-state index is 13.7. The highest BCUT2D eigenvalue weighted by Gasteiger charge is 2.36. The van der Waals surface area contributed by atoms with Crippen molar-refractivity contribution in [1.29, 1.82) is 0 Å². The van der Waals surface area contributed by atoms with Crippen LogP contribution in [0.5, 0.6) is 0 Å². The van der Waals surface area contributed by atoms with Crippen LogP contribution in [-0.4, -0.2) is 16.7 Å². The quantitative estimate of drug-likeness (QED) is 0.568. The van der Waals surface area contributed by atoms with Crippen LogP contribution in [0.1, 0.15) is 42.2 Å². The van der Waals surface area contributed by atoms with Crippen LogP contribution in [0.2, 0.25) is 0 Å². The second-order valence-electron chi connectivity index (χ2n) is 6.65. The van der Waals surface area contributed by atoms with Gasteiger partial charge < -0.3 is 0 Å². The molecule has 0 aliphatic heterocycles. The van der Waals surface area contributed by atoms with Gasteiger partial charge in [-0.3, -0.25) is 14.5 Å². The van der Waals surface area contributed by atoms with Crippen LogP contribution in [0.3, 0.4) is 0 Å². The summed E-state index contributed by atoms with van der Waals surface area (Å²) in [5.41, 5.74) is -0.337. The molecular weight excluding hydrogens is 346 g/mol. The zero-order valence-corrected chi connectivity index (χ0v) is 15.7. The van der Waals surface area contributed by atoms with E-state index in [1.807, 2.05) is 18.2 Å². The molecule has 3 aromatic rings. The van der Waals surface area contributed by atoms with Gasteiger partial charge in [-0.2, -0.15) is 0 Å². The normalized spacial score (nSPS) is 13.9. The average molecular weight is 374 g/mol. The number of carbonyl (C=O) groups is 2. The third-order valence-electron chi connectivity index (χ3n) is 4.39. The van der Waals surface area contributed by atoms with Crippen molar-refractivity contribution in [3.63, 3.8) is 0 Å². The van der Waals surface area contributed by atoms with Gasteiger partial charge in [0.25, 0.3) is 11.8 Å². The first-order valence-electron chi connectivity index (χ1n) is 11.3. The molecule has 3 heteroatoms. The molecule has 0 spiro atoms. The molecule has 2 amide bonds. The van der Waals surface area contributed by atoms with Crippen LogP contribution in [0.15, 0.2) is 97.0 Å². The minimum Gasteiger partial charge on any atom is -0.269 e. The van der Waals surface area contributed by atoms with Crippen molar-refractivity contribution < 1.29 is 16.4 Å². The number of carbonyl (C=O) groups excluding carboxylic acids is 2. The third kappa shape index (κ3) is 4.26. The summed E-state index contributed by atoms with van der Waals surface area (Å²) in [7, 11) is 0. The van der Waals surface area contributed by atoms with Gasteiger partial charge in [0.15, 0.2) is 0 Å². The fraction of sp³-hybridized carbons (Fsp3) is 0.120. The van der Waals surface area contributed by atoms with Gasteiger partial charge in [0.1, 0.15) is 0 Å². The van der Waals surface area contributed by atoms with Crippen LogP contribution in [0.25, 0.3) is 6.08 Å². The number of hydrogen-bond donors (Lipinski definition) is 0. The van der Waals surface area contributed by atoms with E-state index in [9.17, 15) is 9.59 Å². The molecular formula is C25H23NO2. The number of imide groups is 1. The van der Waals surface area contributed by atoms with Gasteiger partial charge in [-0.1, -0.05) is 78.8 Å². The summed E-state index contributed by atoms with van der Waals surface area (Å²) in [6, 6.07) is 14.8. The van der Waals surface area contributed by atoms with E-state index in [0.717, 1.165) is 10.5 Å². The second kappa shape index (κ2) is 8.49. The molecule has 0 saturated heterocycles. The molecule has 0 radical (unpaired) electrons. The second-order valence-corrected chi connectivity index (χ2v) is 6.65. The molecule has 3 nitrogen and oxygen atoms in total. The van der Waals surface area contributed by atoms with E-state index in [1.54, 1.807) is 62.4 Å². The lowest BCUT2D eigenvalue weighted by Gasteiger charge is -2.37. The van der Waals surface area contributed by atoms with Crippen molar-refractivity contribution in [1.82, 2.24) is 4.90 Å². The highest BCUT2D eigenvalue weighted by atomic mass is 16.2. The monoisotopic (exact) mass is 374 g/mol. The Hall–Kier alpha value is -3.46. The zero-order chi connectivity index (χ0) is 24.3. The van der Waals surface area contributed by atoms with Gasteiger partial charge in [0.05, 0.1) is 12.4 Å². The topological polar surface area (TPSA) is 37.4 Å². The van der Waals surface area contributed by atoms with Gasteiger partial charge >= 0.3 is 0 Å². The fourth-order valence-corrected chi connectivity index (χ4v) is 2.88. The number of amides is 2. The Morgan fingerprint density at radius 3 is 2.07 bits per heavy atom. The molecule has 0 heterocycles. The van der Waals surface area contributed by atoms with Gasteiger partial charge in [0.2, 0.25) is 0 Å². The molecule has 3 aromatic carbocycles.